The normalized spacial score (nSPS) is 16.0. The maximum Gasteiger partial charge on any atom is 0.410 e. The Balaban J connectivity index is 1.91. The number of piperidine rings is 1. The van der Waals surface area contributed by atoms with Gasteiger partial charge in [-0.15, -0.1) is 11.3 Å². The van der Waals surface area contributed by atoms with Crippen LogP contribution in [0.25, 0.3) is 4.85 Å². The number of Topliss-reactive ketones (excluding diaryl/α,β-unsaturated/α-hetero) is 1. The lowest BCUT2D eigenvalue weighted by Gasteiger charge is -2.32. The van der Waals surface area contributed by atoms with Gasteiger partial charge in [-0.2, -0.15) is 0 Å². The monoisotopic (exact) mass is 335 g/mol. The summed E-state index contributed by atoms with van der Waals surface area (Å²) < 4.78 is 5.38. The lowest BCUT2D eigenvalue weighted by molar-refractivity contribution is 0.0204. The minimum atomic E-state index is -0.485. The molecule has 1 fully saturated rings. The number of carbonyl (C=O) groups excluding carboxylic acids is 2. The number of hydrogen-bond acceptors (Lipinski definition) is 5. The van der Waals surface area contributed by atoms with Gasteiger partial charge >= 0.3 is 6.09 Å². The van der Waals surface area contributed by atoms with Gasteiger partial charge in [0.25, 0.3) is 12.3 Å². The Morgan fingerprint density at radius 1 is 1.43 bits per heavy atom. The van der Waals surface area contributed by atoms with E-state index in [1.54, 1.807) is 11.1 Å². The van der Waals surface area contributed by atoms with Crippen LogP contribution < -0.4 is 0 Å². The Morgan fingerprint density at radius 3 is 2.65 bits per heavy atom. The van der Waals surface area contributed by atoms with Gasteiger partial charge in [0.05, 0.1) is 9.88 Å². The van der Waals surface area contributed by atoms with E-state index in [1.165, 1.54) is 11.3 Å². The predicted molar refractivity (Wildman–Crippen MR) is 87.7 cm³/mol. The molecule has 0 spiro atoms. The minimum absolute atomic E-state index is 0.126. The summed E-state index contributed by atoms with van der Waals surface area (Å²) in [5.74, 6) is 0.0862. The maximum absolute atomic E-state index is 12.0. The van der Waals surface area contributed by atoms with E-state index in [9.17, 15) is 9.59 Å². The third kappa shape index (κ3) is 4.76. The van der Waals surface area contributed by atoms with E-state index in [2.05, 4.69) is 9.83 Å². The summed E-state index contributed by atoms with van der Waals surface area (Å²) in [7, 11) is 0. The number of nitrogens with zero attached hydrogens (tertiary/aromatic N) is 3. The molecule has 1 aromatic rings. The molecule has 0 unspecified atom stereocenters. The number of likely N-dealkylation sites (tertiary alicyclic amines) is 1. The lowest BCUT2D eigenvalue weighted by atomic mass is 9.98. The van der Waals surface area contributed by atoms with Crippen LogP contribution in [-0.2, 0) is 4.74 Å². The molecule has 0 N–H and O–H groups in total. The fraction of sp³-hybridized carbons (Fsp3) is 0.625. The van der Waals surface area contributed by atoms with Crippen LogP contribution in [0, 0.1) is 6.57 Å². The Kier molecular flexibility index (Phi) is 5.37. The van der Waals surface area contributed by atoms with Crippen LogP contribution in [0.2, 0.25) is 0 Å². The molecule has 124 valence electrons. The second kappa shape index (κ2) is 7.09. The van der Waals surface area contributed by atoms with Crippen LogP contribution in [0.3, 0.4) is 0 Å². The van der Waals surface area contributed by atoms with Crippen molar-refractivity contribution in [1.82, 2.24) is 9.88 Å². The van der Waals surface area contributed by atoms with E-state index in [0.29, 0.717) is 18.0 Å². The fourth-order valence-corrected chi connectivity index (χ4v) is 3.41. The first-order valence-corrected chi connectivity index (χ1v) is 8.42. The van der Waals surface area contributed by atoms with Gasteiger partial charge in [-0.1, -0.05) is 0 Å². The summed E-state index contributed by atoms with van der Waals surface area (Å²) in [6.45, 7) is 13.4. The fourth-order valence-electron chi connectivity index (χ4n) is 2.39. The summed E-state index contributed by atoms with van der Waals surface area (Å²) in [4.78, 5) is 33.5. The number of carbonyl (C=O) groups is 2. The summed E-state index contributed by atoms with van der Waals surface area (Å²) >= 11 is 1.37. The molecule has 0 saturated carbocycles. The Bertz CT molecular complexity index is 619. The molecule has 6 nitrogen and oxygen atoms in total. The minimum Gasteiger partial charge on any atom is -0.444 e. The van der Waals surface area contributed by atoms with Crippen molar-refractivity contribution >= 4 is 23.2 Å². The van der Waals surface area contributed by atoms with Crippen molar-refractivity contribution in [1.29, 1.82) is 0 Å². The average molecular weight is 335 g/mol. The molecule has 1 aliphatic heterocycles. The number of amides is 1. The molecule has 0 aliphatic carbocycles. The van der Waals surface area contributed by atoms with Gasteiger partial charge in [0.15, 0.2) is 0 Å². The van der Waals surface area contributed by atoms with Gasteiger partial charge in [-0.25, -0.2) is 16.4 Å². The average Bonchev–Trinajstić information content (AvgIpc) is 2.96. The molecule has 0 aromatic carbocycles. The molecule has 1 saturated heterocycles. The number of thiazole rings is 1. The van der Waals surface area contributed by atoms with E-state index in [0.717, 1.165) is 17.8 Å². The molecule has 0 bridgehead atoms. The highest BCUT2D eigenvalue weighted by molar-refractivity contribution is 7.13. The van der Waals surface area contributed by atoms with Gasteiger partial charge in [0.1, 0.15) is 5.60 Å². The number of aromatic nitrogens is 1. The topological polar surface area (TPSA) is 63.9 Å². The standard InChI is InChI=1S/C16H21N3O3S/c1-16(2,3)22-15(21)19-7-5-11(6-8-19)14-18-10-13(23-14)12(20)9-17-4/h10-11H,5-9H2,1-3H3. The first kappa shape index (κ1) is 17.4. The second-order valence-corrected chi connectivity index (χ2v) is 7.61. The Morgan fingerprint density at radius 2 is 2.09 bits per heavy atom. The Hall–Kier alpha value is -1.94. The first-order chi connectivity index (χ1) is 10.8. The van der Waals surface area contributed by atoms with Crippen molar-refractivity contribution in [3.05, 3.63) is 27.5 Å². The summed E-state index contributed by atoms with van der Waals surface area (Å²) in [5.41, 5.74) is -0.485. The van der Waals surface area contributed by atoms with Crippen LogP contribution >= 0.6 is 11.3 Å². The molecule has 7 heteroatoms. The SMILES string of the molecule is [C-]#[N+]CC(=O)c1cnc(C2CCN(C(=O)OC(C)(C)C)CC2)s1. The van der Waals surface area contributed by atoms with Gasteiger partial charge in [0, 0.05) is 25.2 Å². The molecule has 0 radical (unpaired) electrons. The highest BCUT2D eigenvalue weighted by Crippen LogP contribution is 2.31. The van der Waals surface area contributed by atoms with Crippen LogP contribution in [0.15, 0.2) is 6.20 Å². The van der Waals surface area contributed by atoms with E-state index in [4.69, 9.17) is 11.3 Å². The largest absolute Gasteiger partial charge is 0.444 e. The second-order valence-electron chi connectivity index (χ2n) is 6.54. The van der Waals surface area contributed by atoms with Crippen LogP contribution in [0.5, 0.6) is 0 Å². The number of hydrogen-bond donors (Lipinski definition) is 0. The lowest BCUT2D eigenvalue weighted by Crippen LogP contribution is -2.41. The van der Waals surface area contributed by atoms with E-state index in [-0.39, 0.29) is 24.3 Å². The zero-order valence-electron chi connectivity index (χ0n) is 13.7. The zero-order chi connectivity index (χ0) is 17.0. The molecular weight excluding hydrogens is 314 g/mol. The van der Waals surface area contributed by atoms with Gasteiger partial charge in [-0.3, -0.25) is 4.79 Å². The van der Waals surface area contributed by atoms with Crippen molar-refractivity contribution < 1.29 is 14.3 Å². The van der Waals surface area contributed by atoms with Crippen LogP contribution in [0.4, 0.5) is 4.79 Å². The molecule has 0 atom stereocenters. The number of ether oxygens (including phenoxy) is 1. The molecule has 1 aliphatic rings. The highest BCUT2D eigenvalue weighted by atomic mass is 32.1. The number of rotatable bonds is 3. The van der Waals surface area contributed by atoms with Gasteiger partial charge < -0.3 is 14.5 Å². The van der Waals surface area contributed by atoms with Crippen LogP contribution in [0.1, 0.15) is 54.2 Å². The zero-order valence-corrected chi connectivity index (χ0v) is 14.5. The molecular formula is C16H21N3O3S. The van der Waals surface area contributed by atoms with Crippen LogP contribution in [-0.4, -0.2) is 47.0 Å². The van der Waals surface area contributed by atoms with Gasteiger partial charge in [0.2, 0.25) is 0 Å². The molecule has 2 heterocycles. The third-order valence-corrected chi connectivity index (χ3v) is 4.72. The van der Waals surface area contributed by atoms with E-state index >= 15 is 0 Å². The molecule has 2 rings (SSSR count). The summed E-state index contributed by atoms with van der Waals surface area (Å²) in [6, 6.07) is 0. The summed E-state index contributed by atoms with van der Waals surface area (Å²) in [6.07, 6.45) is 2.91. The first-order valence-electron chi connectivity index (χ1n) is 7.60. The van der Waals surface area contributed by atoms with Crippen molar-refractivity contribution in [3.63, 3.8) is 0 Å². The van der Waals surface area contributed by atoms with Crippen molar-refractivity contribution in [2.45, 2.75) is 45.1 Å². The van der Waals surface area contributed by atoms with Gasteiger partial charge in [-0.05, 0) is 33.6 Å². The number of ketones is 1. The molecule has 1 amide bonds. The van der Waals surface area contributed by atoms with E-state index < -0.39 is 5.60 Å². The smallest absolute Gasteiger partial charge is 0.410 e. The summed E-state index contributed by atoms with van der Waals surface area (Å²) in [5, 5.41) is 0.919. The van der Waals surface area contributed by atoms with Crippen molar-refractivity contribution in [3.8, 4) is 0 Å². The maximum atomic E-state index is 12.0. The predicted octanol–water partition coefficient (Wildman–Crippen LogP) is 3.36. The third-order valence-electron chi connectivity index (χ3n) is 3.52. The Labute approximate surface area is 140 Å². The molecule has 1 aromatic heterocycles. The quantitative estimate of drug-likeness (QED) is 0.627. The van der Waals surface area contributed by atoms with Crippen molar-refractivity contribution in [2.24, 2.45) is 0 Å². The molecule has 23 heavy (non-hydrogen) atoms. The highest BCUT2D eigenvalue weighted by Gasteiger charge is 2.29. The van der Waals surface area contributed by atoms with Crippen molar-refractivity contribution in [2.75, 3.05) is 19.6 Å². The van der Waals surface area contributed by atoms with E-state index in [1.807, 2.05) is 20.8 Å².